The van der Waals surface area contributed by atoms with Crippen LogP contribution in [0.3, 0.4) is 0 Å². The fourth-order valence-electron chi connectivity index (χ4n) is 1.66. The van der Waals surface area contributed by atoms with E-state index in [-0.39, 0.29) is 0 Å². The molecule has 0 amide bonds. The highest BCUT2D eigenvalue weighted by atomic mass is 79.9. The molecule has 3 N–H and O–H groups in total. The number of nitrogen functional groups attached to an aromatic ring is 1. The van der Waals surface area contributed by atoms with Crippen LogP contribution in [0, 0.1) is 0 Å². The molecule has 0 aromatic heterocycles. The maximum atomic E-state index is 5.71. The Morgan fingerprint density at radius 3 is 2.71 bits per heavy atom. The summed E-state index contributed by atoms with van der Waals surface area (Å²) in [7, 11) is 0. The number of benzene rings is 2. The maximum Gasteiger partial charge on any atom is 0.0530 e. The Balaban J connectivity index is 2.25. The molecule has 2 aromatic carbocycles. The largest absolute Gasteiger partial charge is 0.399 e. The van der Waals surface area contributed by atoms with Crippen molar-refractivity contribution in [3.05, 3.63) is 52.5 Å². The molecule has 2 nitrogen and oxygen atoms in total. The molecule has 0 fully saturated rings. The Morgan fingerprint density at radius 2 is 2.00 bits per heavy atom. The van der Waals surface area contributed by atoms with Gasteiger partial charge >= 0.3 is 0 Å². The van der Waals surface area contributed by atoms with Crippen molar-refractivity contribution in [2.75, 3.05) is 11.1 Å². The van der Waals surface area contributed by atoms with Gasteiger partial charge in [-0.2, -0.15) is 0 Å². The van der Waals surface area contributed by atoms with Crippen LogP contribution in [0.15, 0.2) is 46.9 Å². The molecule has 0 atom stereocenters. The van der Waals surface area contributed by atoms with Gasteiger partial charge < -0.3 is 11.1 Å². The number of hydrogen-bond donors (Lipinski definition) is 2. The second-order valence-corrected chi connectivity index (χ2v) is 4.77. The Bertz CT molecular complexity index is 523. The first kappa shape index (κ1) is 12.0. The Hall–Kier alpha value is -1.48. The summed E-state index contributed by atoms with van der Waals surface area (Å²) in [6, 6.07) is 14.2. The number of nitrogens with one attached hydrogen (secondary N) is 1. The summed E-state index contributed by atoms with van der Waals surface area (Å²) < 4.78 is 0.972. The van der Waals surface area contributed by atoms with Crippen LogP contribution in [0.25, 0.3) is 0 Å². The van der Waals surface area contributed by atoms with Gasteiger partial charge in [-0.3, -0.25) is 0 Å². The molecule has 17 heavy (non-hydrogen) atoms. The summed E-state index contributed by atoms with van der Waals surface area (Å²) in [6.07, 6.45) is 1.04. The van der Waals surface area contributed by atoms with Crippen LogP contribution in [0.4, 0.5) is 17.1 Å². The highest BCUT2D eigenvalue weighted by Crippen LogP contribution is 2.28. The summed E-state index contributed by atoms with van der Waals surface area (Å²) in [5.41, 5.74) is 9.90. The van der Waals surface area contributed by atoms with Crippen molar-refractivity contribution in [2.45, 2.75) is 13.3 Å². The summed E-state index contributed by atoms with van der Waals surface area (Å²) in [4.78, 5) is 0. The first-order valence-corrected chi connectivity index (χ1v) is 6.39. The normalized spacial score (nSPS) is 10.2. The minimum absolute atomic E-state index is 0.754. The lowest BCUT2D eigenvalue weighted by Gasteiger charge is -2.10. The van der Waals surface area contributed by atoms with Crippen LogP contribution in [-0.2, 0) is 6.42 Å². The molecule has 2 aromatic rings. The number of halogens is 1. The minimum Gasteiger partial charge on any atom is -0.399 e. The second kappa shape index (κ2) is 5.23. The molecule has 88 valence electrons. The smallest absolute Gasteiger partial charge is 0.0530 e. The van der Waals surface area contributed by atoms with Crippen molar-refractivity contribution in [3.63, 3.8) is 0 Å². The highest BCUT2D eigenvalue weighted by Gasteiger charge is 2.01. The Kier molecular flexibility index (Phi) is 3.69. The molecular formula is C14H15BrN2. The second-order valence-electron chi connectivity index (χ2n) is 3.92. The molecule has 0 bridgehead atoms. The van der Waals surface area contributed by atoms with Gasteiger partial charge in [0.05, 0.1) is 5.69 Å². The third-order valence-corrected chi connectivity index (χ3v) is 3.26. The number of rotatable bonds is 3. The van der Waals surface area contributed by atoms with Gasteiger partial charge in [0.1, 0.15) is 0 Å². The van der Waals surface area contributed by atoms with E-state index in [4.69, 9.17) is 5.73 Å². The van der Waals surface area contributed by atoms with Crippen molar-refractivity contribution in [1.29, 1.82) is 0 Å². The molecule has 3 heteroatoms. The van der Waals surface area contributed by atoms with E-state index in [9.17, 15) is 0 Å². The monoisotopic (exact) mass is 290 g/mol. The van der Waals surface area contributed by atoms with Gasteiger partial charge in [0.2, 0.25) is 0 Å². The Labute approximate surface area is 110 Å². The summed E-state index contributed by atoms with van der Waals surface area (Å²) in [5.74, 6) is 0. The molecule has 0 aliphatic heterocycles. The minimum atomic E-state index is 0.754. The van der Waals surface area contributed by atoms with Crippen molar-refractivity contribution in [1.82, 2.24) is 0 Å². The highest BCUT2D eigenvalue weighted by molar-refractivity contribution is 9.10. The van der Waals surface area contributed by atoms with Crippen molar-refractivity contribution >= 4 is 33.0 Å². The van der Waals surface area contributed by atoms with E-state index in [0.29, 0.717) is 0 Å². The zero-order chi connectivity index (χ0) is 12.3. The molecule has 0 radical (unpaired) electrons. The van der Waals surface area contributed by atoms with Gasteiger partial charge in [-0.05, 0) is 58.2 Å². The van der Waals surface area contributed by atoms with E-state index in [1.807, 2.05) is 18.2 Å². The van der Waals surface area contributed by atoms with Crippen molar-refractivity contribution in [3.8, 4) is 0 Å². The van der Waals surface area contributed by atoms with E-state index < -0.39 is 0 Å². The van der Waals surface area contributed by atoms with E-state index in [1.54, 1.807) is 0 Å². The average molecular weight is 291 g/mol. The fraction of sp³-hybridized carbons (Fsp3) is 0.143. The topological polar surface area (TPSA) is 38.0 Å². The quantitative estimate of drug-likeness (QED) is 0.826. The van der Waals surface area contributed by atoms with Gasteiger partial charge in [-0.25, -0.2) is 0 Å². The fourth-order valence-corrected chi connectivity index (χ4v) is 2.15. The first-order valence-electron chi connectivity index (χ1n) is 5.60. The summed E-state index contributed by atoms with van der Waals surface area (Å²) in [5, 5.41) is 3.37. The van der Waals surface area contributed by atoms with Crippen LogP contribution in [0.2, 0.25) is 0 Å². The molecule has 0 saturated carbocycles. The SMILES string of the molecule is CCc1cccc(Nc2ccc(N)cc2Br)c1. The van der Waals surface area contributed by atoms with Gasteiger partial charge in [0.15, 0.2) is 0 Å². The molecule has 0 aliphatic rings. The lowest BCUT2D eigenvalue weighted by atomic mass is 10.1. The first-order chi connectivity index (χ1) is 8.19. The average Bonchev–Trinajstić information content (AvgIpc) is 2.33. The van der Waals surface area contributed by atoms with E-state index in [1.165, 1.54) is 5.56 Å². The van der Waals surface area contributed by atoms with E-state index in [2.05, 4.69) is 52.4 Å². The molecule has 0 unspecified atom stereocenters. The standard InChI is InChI=1S/C14H15BrN2/c1-2-10-4-3-5-12(8-10)17-14-7-6-11(16)9-13(14)15/h3-9,17H,2,16H2,1H3. The number of anilines is 3. The summed E-state index contributed by atoms with van der Waals surface area (Å²) in [6.45, 7) is 2.15. The zero-order valence-corrected chi connectivity index (χ0v) is 11.3. The summed E-state index contributed by atoms with van der Waals surface area (Å²) >= 11 is 3.50. The third-order valence-electron chi connectivity index (χ3n) is 2.61. The number of aryl methyl sites for hydroxylation is 1. The maximum absolute atomic E-state index is 5.71. The van der Waals surface area contributed by atoms with Crippen molar-refractivity contribution < 1.29 is 0 Å². The third kappa shape index (κ3) is 3.01. The molecular weight excluding hydrogens is 276 g/mol. The Morgan fingerprint density at radius 1 is 1.18 bits per heavy atom. The van der Waals surface area contributed by atoms with E-state index in [0.717, 1.165) is 28.0 Å². The zero-order valence-electron chi connectivity index (χ0n) is 9.70. The van der Waals surface area contributed by atoms with Gasteiger partial charge in [0, 0.05) is 15.8 Å². The predicted octanol–water partition coefficient (Wildman–Crippen LogP) is 4.34. The van der Waals surface area contributed by atoms with Gasteiger partial charge in [0.25, 0.3) is 0 Å². The lowest BCUT2D eigenvalue weighted by molar-refractivity contribution is 1.14. The van der Waals surface area contributed by atoms with E-state index >= 15 is 0 Å². The molecule has 2 rings (SSSR count). The van der Waals surface area contributed by atoms with Gasteiger partial charge in [-0.1, -0.05) is 19.1 Å². The predicted molar refractivity (Wildman–Crippen MR) is 77.7 cm³/mol. The van der Waals surface area contributed by atoms with Crippen LogP contribution in [-0.4, -0.2) is 0 Å². The molecule has 0 aliphatic carbocycles. The van der Waals surface area contributed by atoms with Crippen LogP contribution >= 0.6 is 15.9 Å². The lowest BCUT2D eigenvalue weighted by Crippen LogP contribution is -1.93. The van der Waals surface area contributed by atoms with Crippen LogP contribution in [0.1, 0.15) is 12.5 Å². The van der Waals surface area contributed by atoms with Crippen LogP contribution < -0.4 is 11.1 Å². The van der Waals surface area contributed by atoms with Gasteiger partial charge in [-0.15, -0.1) is 0 Å². The number of nitrogens with two attached hydrogens (primary N) is 1. The molecule has 0 spiro atoms. The molecule has 0 saturated heterocycles. The molecule has 0 heterocycles. The van der Waals surface area contributed by atoms with Crippen LogP contribution in [0.5, 0.6) is 0 Å². The number of hydrogen-bond acceptors (Lipinski definition) is 2. The van der Waals surface area contributed by atoms with Crippen molar-refractivity contribution in [2.24, 2.45) is 0 Å².